The molecule has 1 aliphatic heterocycles. The number of amides is 2. The lowest BCUT2D eigenvalue weighted by atomic mass is 9.90. The van der Waals surface area contributed by atoms with E-state index in [9.17, 15) is 22.8 Å². The van der Waals surface area contributed by atoms with Gasteiger partial charge in [0.1, 0.15) is 0 Å². The smallest absolute Gasteiger partial charge is 0.356 e. The van der Waals surface area contributed by atoms with Crippen molar-refractivity contribution >= 4 is 11.8 Å². The Labute approximate surface area is 158 Å². The maximum atomic E-state index is 12.5. The summed E-state index contributed by atoms with van der Waals surface area (Å²) < 4.78 is 37.6. The van der Waals surface area contributed by atoms with Crippen LogP contribution in [0.3, 0.4) is 0 Å². The van der Waals surface area contributed by atoms with Crippen LogP contribution in [0.1, 0.15) is 44.7 Å². The number of likely N-dealkylation sites (tertiary alicyclic amines) is 1. The SMILES string of the molecule is CC(C)(C)C(=O)N1CCC(C(=O)NCCc2ccc(C(F)(F)F)cc2)CC1. The summed E-state index contributed by atoms with van der Waals surface area (Å²) in [6.45, 7) is 7.19. The number of rotatable bonds is 4. The van der Waals surface area contributed by atoms with Crippen LogP contribution in [0.15, 0.2) is 24.3 Å². The molecule has 1 aromatic carbocycles. The van der Waals surface area contributed by atoms with E-state index < -0.39 is 17.2 Å². The van der Waals surface area contributed by atoms with Crippen LogP contribution in [0, 0.1) is 11.3 Å². The molecule has 7 heteroatoms. The Balaban J connectivity index is 1.75. The van der Waals surface area contributed by atoms with Crippen LogP contribution in [-0.4, -0.2) is 36.3 Å². The first-order valence-corrected chi connectivity index (χ1v) is 9.21. The predicted octanol–water partition coefficient (Wildman–Crippen LogP) is 3.65. The van der Waals surface area contributed by atoms with Gasteiger partial charge in [0.15, 0.2) is 0 Å². The molecule has 0 bridgehead atoms. The number of hydrogen-bond donors (Lipinski definition) is 1. The van der Waals surface area contributed by atoms with E-state index >= 15 is 0 Å². The highest BCUT2D eigenvalue weighted by Gasteiger charge is 2.32. The molecule has 1 saturated heterocycles. The minimum absolute atomic E-state index is 0.0511. The number of carbonyl (C=O) groups is 2. The van der Waals surface area contributed by atoms with E-state index in [1.165, 1.54) is 12.1 Å². The Kier molecular flexibility index (Phi) is 6.54. The van der Waals surface area contributed by atoms with Crippen molar-refractivity contribution in [3.8, 4) is 0 Å². The normalized spacial score (nSPS) is 16.3. The summed E-state index contributed by atoms with van der Waals surface area (Å²) in [6.07, 6.45) is -2.59. The standard InChI is InChI=1S/C20H27F3N2O2/c1-19(2,3)18(27)25-12-9-15(10-13-25)17(26)24-11-8-14-4-6-16(7-5-14)20(21,22)23/h4-7,15H,8-13H2,1-3H3,(H,24,26). The second kappa shape index (κ2) is 8.31. The highest BCUT2D eigenvalue weighted by molar-refractivity contribution is 5.82. The molecule has 2 rings (SSSR count). The average molecular weight is 384 g/mol. The molecule has 0 unspecified atom stereocenters. The Hall–Kier alpha value is -2.05. The molecule has 150 valence electrons. The van der Waals surface area contributed by atoms with Crippen molar-refractivity contribution in [2.24, 2.45) is 11.3 Å². The number of alkyl halides is 3. The molecule has 0 saturated carbocycles. The van der Waals surface area contributed by atoms with E-state index in [4.69, 9.17) is 0 Å². The molecular formula is C20H27F3N2O2. The van der Waals surface area contributed by atoms with Gasteiger partial charge in [-0.05, 0) is 37.0 Å². The van der Waals surface area contributed by atoms with Crippen LogP contribution in [0.4, 0.5) is 13.2 Å². The monoisotopic (exact) mass is 384 g/mol. The first-order chi connectivity index (χ1) is 12.5. The summed E-state index contributed by atoms with van der Waals surface area (Å²) in [7, 11) is 0. The van der Waals surface area contributed by atoms with Crippen molar-refractivity contribution in [1.29, 1.82) is 0 Å². The van der Waals surface area contributed by atoms with Crippen molar-refractivity contribution in [1.82, 2.24) is 10.2 Å². The van der Waals surface area contributed by atoms with Gasteiger partial charge >= 0.3 is 6.18 Å². The van der Waals surface area contributed by atoms with Gasteiger partial charge in [-0.1, -0.05) is 32.9 Å². The molecule has 0 atom stereocenters. The Morgan fingerprint density at radius 1 is 1.07 bits per heavy atom. The van der Waals surface area contributed by atoms with E-state index in [-0.39, 0.29) is 17.7 Å². The van der Waals surface area contributed by atoms with Crippen LogP contribution in [0.25, 0.3) is 0 Å². The maximum absolute atomic E-state index is 12.5. The highest BCUT2D eigenvalue weighted by atomic mass is 19.4. The number of piperidine rings is 1. The zero-order valence-corrected chi connectivity index (χ0v) is 16.0. The van der Waals surface area contributed by atoms with Crippen molar-refractivity contribution in [2.45, 2.75) is 46.2 Å². The van der Waals surface area contributed by atoms with Crippen LogP contribution in [0.5, 0.6) is 0 Å². The fraction of sp³-hybridized carbons (Fsp3) is 0.600. The molecule has 27 heavy (non-hydrogen) atoms. The summed E-state index contributed by atoms with van der Waals surface area (Å²) in [5.41, 5.74) is -0.350. The second-order valence-electron chi connectivity index (χ2n) is 8.05. The average Bonchev–Trinajstić information content (AvgIpc) is 2.60. The molecule has 1 aliphatic rings. The van der Waals surface area contributed by atoms with E-state index in [1.807, 2.05) is 25.7 Å². The van der Waals surface area contributed by atoms with Crippen molar-refractivity contribution in [2.75, 3.05) is 19.6 Å². The highest BCUT2D eigenvalue weighted by Crippen LogP contribution is 2.29. The lowest BCUT2D eigenvalue weighted by Gasteiger charge is -2.35. The van der Waals surface area contributed by atoms with Gasteiger partial charge in [0, 0.05) is 31.0 Å². The lowest BCUT2D eigenvalue weighted by Crippen LogP contribution is -2.46. The Morgan fingerprint density at radius 3 is 2.11 bits per heavy atom. The van der Waals surface area contributed by atoms with Gasteiger partial charge in [0.2, 0.25) is 11.8 Å². The molecule has 2 amide bonds. The first-order valence-electron chi connectivity index (χ1n) is 9.21. The Bertz CT molecular complexity index is 655. The molecule has 0 aliphatic carbocycles. The minimum Gasteiger partial charge on any atom is -0.356 e. The van der Waals surface area contributed by atoms with Crippen molar-refractivity contribution < 1.29 is 22.8 Å². The van der Waals surface area contributed by atoms with E-state index in [2.05, 4.69) is 5.32 Å². The number of nitrogens with one attached hydrogen (secondary N) is 1. The maximum Gasteiger partial charge on any atom is 0.416 e. The molecule has 1 N–H and O–H groups in total. The molecule has 0 aromatic heterocycles. The van der Waals surface area contributed by atoms with E-state index in [1.54, 1.807) is 0 Å². The molecule has 1 fully saturated rings. The first kappa shape index (κ1) is 21.3. The molecule has 1 heterocycles. The Morgan fingerprint density at radius 2 is 1.63 bits per heavy atom. The topological polar surface area (TPSA) is 49.4 Å². The van der Waals surface area contributed by atoms with Gasteiger partial charge < -0.3 is 10.2 Å². The van der Waals surface area contributed by atoms with Gasteiger partial charge in [0.25, 0.3) is 0 Å². The third kappa shape index (κ3) is 5.97. The van der Waals surface area contributed by atoms with Gasteiger partial charge in [-0.2, -0.15) is 13.2 Å². The summed E-state index contributed by atoms with van der Waals surface area (Å²) >= 11 is 0. The zero-order chi connectivity index (χ0) is 20.2. The summed E-state index contributed by atoms with van der Waals surface area (Å²) in [5.74, 6) is -0.0740. The molecule has 0 radical (unpaired) electrons. The van der Waals surface area contributed by atoms with Gasteiger partial charge in [0.05, 0.1) is 5.56 Å². The largest absolute Gasteiger partial charge is 0.416 e. The van der Waals surface area contributed by atoms with Gasteiger partial charge in [-0.3, -0.25) is 9.59 Å². The summed E-state index contributed by atoms with van der Waals surface area (Å²) in [4.78, 5) is 26.4. The van der Waals surface area contributed by atoms with Crippen molar-refractivity contribution in [3.63, 3.8) is 0 Å². The molecule has 1 aromatic rings. The van der Waals surface area contributed by atoms with Gasteiger partial charge in [-0.15, -0.1) is 0 Å². The van der Waals surface area contributed by atoms with E-state index in [0.29, 0.717) is 38.9 Å². The van der Waals surface area contributed by atoms with Crippen LogP contribution in [-0.2, 0) is 22.2 Å². The number of nitrogens with zero attached hydrogens (tertiary/aromatic N) is 1. The number of halogens is 3. The van der Waals surface area contributed by atoms with E-state index in [0.717, 1.165) is 17.7 Å². The minimum atomic E-state index is -4.34. The molecule has 0 spiro atoms. The zero-order valence-electron chi connectivity index (χ0n) is 16.0. The predicted molar refractivity (Wildman–Crippen MR) is 96.9 cm³/mol. The van der Waals surface area contributed by atoms with Crippen molar-refractivity contribution in [3.05, 3.63) is 35.4 Å². The number of hydrogen-bond acceptors (Lipinski definition) is 2. The van der Waals surface area contributed by atoms with Gasteiger partial charge in [-0.25, -0.2) is 0 Å². The third-order valence-corrected chi connectivity index (χ3v) is 4.79. The molecular weight excluding hydrogens is 357 g/mol. The quantitative estimate of drug-likeness (QED) is 0.862. The fourth-order valence-corrected chi connectivity index (χ4v) is 3.15. The fourth-order valence-electron chi connectivity index (χ4n) is 3.15. The third-order valence-electron chi connectivity index (χ3n) is 4.79. The van der Waals surface area contributed by atoms with Crippen LogP contribution < -0.4 is 5.32 Å². The summed E-state index contributed by atoms with van der Waals surface area (Å²) in [5, 5.41) is 2.86. The number of carbonyl (C=O) groups excluding carboxylic acids is 2. The van der Waals surface area contributed by atoms with Crippen LogP contribution >= 0.6 is 0 Å². The number of benzene rings is 1. The lowest BCUT2D eigenvalue weighted by molar-refractivity contribution is -0.142. The second-order valence-corrected chi connectivity index (χ2v) is 8.05. The molecule has 4 nitrogen and oxygen atoms in total. The summed E-state index contributed by atoms with van der Waals surface area (Å²) in [6, 6.07) is 4.98. The van der Waals surface area contributed by atoms with Crippen LogP contribution in [0.2, 0.25) is 0 Å².